The van der Waals surface area contributed by atoms with E-state index in [4.69, 9.17) is 9.47 Å². The van der Waals surface area contributed by atoms with E-state index >= 15 is 0 Å². The third kappa shape index (κ3) is 8.45. The van der Waals surface area contributed by atoms with E-state index in [1.165, 1.54) is 16.9 Å². The monoisotopic (exact) mass is 735 g/mol. The molecule has 1 amide bonds. The normalized spacial score (nSPS) is 23.1. The maximum Gasteiger partial charge on any atom is 0.227 e. The molecule has 4 aromatic rings. The molecule has 1 aromatic heterocycles. The Kier molecular flexibility index (Phi) is 11.9. The average molecular weight is 736 g/mol. The summed E-state index contributed by atoms with van der Waals surface area (Å²) in [6, 6.07) is 25.4. The number of benzene rings is 3. The third-order valence-electron chi connectivity index (χ3n) is 11.7. The van der Waals surface area contributed by atoms with E-state index in [0.29, 0.717) is 60.6 Å². The Morgan fingerprint density at radius 3 is 2.40 bits per heavy atom. The molecule has 3 aliphatic rings. The van der Waals surface area contributed by atoms with Gasteiger partial charge in [0.2, 0.25) is 11.7 Å². The number of allylic oxidation sites excluding steroid dienone is 2. The topological polar surface area (TPSA) is 96.3 Å². The molecule has 4 unspecified atom stereocenters. The molecule has 2 N–H and O–H groups in total. The summed E-state index contributed by atoms with van der Waals surface area (Å²) in [5, 5.41) is 24.1. The molecule has 0 saturated heterocycles. The zero-order chi connectivity index (χ0) is 37.8. The zero-order valence-corrected chi connectivity index (χ0v) is 32.5. The maximum absolute atomic E-state index is 14.4. The molecule has 280 valence electrons. The fraction of sp³-hybridized carbons (Fsp3) is 0.422. The summed E-state index contributed by atoms with van der Waals surface area (Å²) in [7, 11) is 3.17. The zero-order valence-electron chi connectivity index (χ0n) is 31.7. The SMILES string of the molecule is COc1ccc(CC(=O)N(Cc2ccccc2)CC2(O)CCC3c4ccc(cc4C(=O)c4ccc(C)s4)CC(O)CCC(C)=CCCC32C)cc1OC. The van der Waals surface area contributed by atoms with Crippen molar-refractivity contribution < 1.29 is 29.3 Å². The van der Waals surface area contributed by atoms with Crippen molar-refractivity contribution in [1.82, 2.24) is 4.90 Å². The van der Waals surface area contributed by atoms with Gasteiger partial charge in [-0.15, -0.1) is 11.3 Å². The largest absolute Gasteiger partial charge is 0.493 e. The van der Waals surface area contributed by atoms with Crippen LogP contribution in [0.15, 0.2) is 90.5 Å². The van der Waals surface area contributed by atoms with Crippen molar-refractivity contribution in [2.24, 2.45) is 5.41 Å². The Hall–Kier alpha value is -4.24. The molecule has 3 aliphatic carbocycles. The van der Waals surface area contributed by atoms with Crippen molar-refractivity contribution in [2.45, 2.75) is 96.3 Å². The van der Waals surface area contributed by atoms with Crippen LogP contribution < -0.4 is 9.47 Å². The van der Waals surface area contributed by atoms with Gasteiger partial charge in [-0.05, 0) is 117 Å². The summed E-state index contributed by atoms with van der Waals surface area (Å²) in [4.78, 5) is 32.3. The van der Waals surface area contributed by atoms with Gasteiger partial charge in [-0.3, -0.25) is 9.59 Å². The molecule has 53 heavy (non-hydrogen) atoms. The summed E-state index contributed by atoms with van der Waals surface area (Å²) < 4.78 is 11.0. The number of carbonyl (C=O) groups is 2. The van der Waals surface area contributed by atoms with Gasteiger partial charge in [-0.25, -0.2) is 0 Å². The first-order valence-electron chi connectivity index (χ1n) is 18.8. The highest BCUT2D eigenvalue weighted by Gasteiger charge is 2.57. The number of hydrogen-bond donors (Lipinski definition) is 2. The summed E-state index contributed by atoms with van der Waals surface area (Å²) >= 11 is 1.49. The van der Waals surface area contributed by atoms with E-state index in [2.05, 4.69) is 32.1 Å². The highest BCUT2D eigenvalue weighted by Crippen LogP contribution is 2.59. The molecule has 0 radical (unpaired) electrons. The van der Waals surface area contributed by atoms with E-state index in [9.17, 15) is 19.8 Å². The summed E-state index contributed by atoms with van der Waals surface area (Å²) in [5.74, 6) is 0.904. The molecule has 7 rings (SSSR count). The molecule has 2 bridgehead atoms. The molecule has 3 aromatic carbocycles. The minimum atomic E-state index is -1.24. The van der Waals surface area contributed by atoms with Gasteiger partial charge in [-0.2, -0.15) is 0 Å². The molecular formula is C45H53NO6S. The first kappa shape index (κ1) is 38.5. The van der Waals surface area contributed by atoms with Gasteiger partial charge >= 0.3 is 0 Å². The summed E-state index contributed by atoms with van der Waals surface area (Å²) in [6.07, 6.45) is 6.32. The number of carbonyl (C=O) groups excluding carboxylic acids is 2. The van der Waals surface area contributed by atoms with E-state index in [1.54, 1.807) is 14.2 Å². The molecule has 1 saturated carbocycles. The maximum atomic E-state index is 14.4. The van der Waals surface area contributed by atoms with Crippen LogP contribution in [-0.4, -0.2) is 59.3 Å². The number of fused-ring (bicyclic) bond motifs is 8. The lowest BCUT2D eigenvalue weighted by Gasteiger charge is -2.46. The van der Waals surface area contributed by atoms with Crippen molar-refractivity contribution in [1.29, 1.82) is 0 Å². The fourth-order valence-electron chi connectivity index (χ4n) is 8.51. The fourth-order valence-corrected chi connectivity index (χ4v) is 9.34. The minimum absolute atomic E-state index is 0.0223. The molecule has 0 spiro atoms. The van der Waals surface area contributed by atoms with Crippen molar-refractivity contribution >= 4 is 23.0 Å². The smallest absolute Gasteiger partial charge is 0.227 e. The molecule has 7 nitrogen and oxygen atoms in total. The number of nitrogens with zero attached hydrogens (tertiary/aromatic N) is 1. The standard InChI is InChI=1S/C45H53NO6S/c1-30-10-9-22-44(3)38(36-18-15-33(24-35(47)17-13-30)25-37(36)43(49)41-20-14-31(2)53-41)21-23-45(44,50)29-46(28-32-11-7-6-8-12-32)42(48)27-34-16-19-39(51-4)40(26-34)52-5/h6-8,10-12,14-16,18-20,25-26,35,38,47,50H,9,13,17,21-24,27-29H2,1-5H3. The van der Waals surface area contributed by atoms with Gasteiger partial charge < -0.3 is 24.6 Å². The van der Waals surface area contributed by atoms with Crippen LogP contribution in [0.5, 0.6) is 11.5 Å². The van der Waals surface area contributed by atoms with Gasteiger partial charge in [0, 0.05) is 22.4 Å². The van der Waals surface area contributed by atoms with Crippen LogP contribution in [0.2, 0.25) is 0 Å². The van der Waals surface area contributed by atoms with Crippen LogP contribution in [0.1, 0.15) is 101 Å². The van der Waals surface area contributed by atoms with Gasteiger partial charge in [0.15, 0.2) is 11.5 Å². The lowest BCUT2D eigenvalue weighted by Crippen LogP contribution is -2.53. The number of rotatable bonds is 10. The van der Waals surface area contributed by atoms with E-state index in [-0.39, 0.29) is 30.6 Å². The Labute approximate surface area is 318 Å². The molecule has 1 fully saturated rings. The second-order valence-electron chi connectivity index (χ2n) is 15.3. The van der Waals surface area contributed by atoms with Gasteiger partial charge in [0.25, 0.3) is 0 Å². The van der Waals surface area contributed by atoms with Crippen molar-refractivity contribution in [3.05, 3.63) is 128 Å². The highest BCUT2D eigenvalue weighted by molar-refractivity contribution is 7.14. The van der Waals surface area contributed by atoms with Crippen LogP contribution in [0.25, 0.3) is 0 Å². The van der Waals surface area contributed by atoms with E-state index < -0.39 is 17.1 Å². The number of ether oxygens (including phenoxy) is 2. The van der Waals surface area contributed by atoms with Crippen LogP contribution in [0.3, 0.4) is 0 Å². The predicted molar refractivity (Wildman–Crippen MR) is 211 cm³/mol. The second kappa shape index (κ2) is 16.4. The van der Waals surface area contributed by atoms with E-state index in [1.807, 2.05) is 78.6 Å². The number of methoxy groups -OCH3 is 2. The number of ketones is 1. The number of thiophene rings is 1. The highest BCUT2D eigenvalue weighted by atomic mass is 32.1. The summed E-state index contributed by atoms with van der Waals surface area (Å²) in [6.45, 7) is 6.79. The predicted octanol–water partition coefficient (Wildman–Crippen LogP) is 8.61. The van der Waals surface area contributed by atoms with Crippen LogP contribution in [0.4, 0.5) is 0 Å². The van der Waals surface area contributed by atoms with Crippen LogP contribution in [-0.2, 0) is 24.2 Å². The Morgan fingerprint density at radius 1 is 0.906 bits per heavy atom. The molecular weight excluding hydrogens is 683 g/mol. The number of amides is 1. The number of aliphatic hydroxyl groups is 2. The Bertz CT molecular complexity index is 1950. The number of hydrogen-bond acceptors (Lipinski definition) is 7. The molecule has 0 aliphatic heterocycles. The first-order chi connectivity index (χ1) is 25.4. The average Bonchev–Trinajstić information content (AvgIpc) is 3.69. The first-order valence-corrected chi connectivity index (χ1v) is 19.6. The number of aliphatic hydroxyl groups excluding tert-OH is 1. The molecule has 8 heteroatoms. The Morgan fingerprint density at radius 2 is 1.68 bits per heavy atom. The van der Waals surface area contributed by atoms with Gasteiger partial charge in [0.1, 0.15) is 0 Å². The Balaban J connectivity index is 1.40. The summed E-state index contributed by atoms with van der Waals surface area (Å²) in [5.41, 5.74) is 3.59. The van der Waals surface area contributed by atoms with E-state index in [0.717, 1.165) is 40.0 Å². The van der Waals surface area contributed by atoms with Gasteiger partial charge in [0.05, 0.1) is 43.8 Å². The quantitative estimate of drug-likeness (QED) is 0.125. The minimum Gasteiger partial charge on any atom is -0.493 e. The van der Waals surface area contributed by atoms with Crippen LogP contribution >= 0.6 is 11.3 Å². The lowest BCUT2D eigenvalue weighted by atomic mass is 9.64. The third-order valence-corrected chi connectivity index (χ3v) is 12.7. The van der Waals surface area contributed by atoms with Gasteiger partial charge in [-0.1, -0.05) is 67.1 Å². The van der Waals surface area contributed by atoms with Crippen molar-refractivity contribution in [3.8, 4) is 11.5 Å². The molecule has 4 atom stereocenters. The second-order valence-corrected chi connectivity index (χ2v) is 16.6. The van der Waals surface area contributed by atoms with Crippen molar-refractivity contribution in [2.75, 3.05) is 20.8 Å². The van der Waals surface area contributed by atoms with Crippen LogP contribution in [0, 0.1) is 12.3 Å². The molecule has 1 heterocycles. The number of aryl methyl sites for hydroxylation is 1. The van der Waals surface area contributed by atoms with Crippen molar-refractivity contribution in [3.63, 3.8) is 0 Å². The lowest BCUT2D eigenvalue weighted by molar-refractivity contribution is -0.140.